The molecule has 3 aromatic rings. The molecule has 0 spiro atoms. The average Bonchev–Trinajstić information content (AvgIpc) is 3.16. The molecular weight excluding hydrogens is 455 g/mol. The summed E-state index contributed by atoms with van der Waals surface area (Å²) in [6.07, 6.45) is 3.08. The highest BCUT2D eigenvalue weighted by molar-refractivity contribution is 14.1. The van der Waals surface area contributed by atoms with Gasteiger partial charge >= 0.3 is 0 Å². The van der Waals surface area contributed by atoms with Crippen LogP contribution in [0.25, 0.3) is 11.3 Å². The standard InChI is InChI=1S/C21H21IN2O3/c1-14-5-7-15(8-6-14)4-3-11-23-21(25)19-20(27-13-24-19)16-9-10-18(26-2)17(22)12-16/h5-10,12-13H,3-4,11H2,1-2H3,(H,23,25). The predicted octanol–water partition coefficient (Wildman–Crippen LogP) is 4.63. The second-order valence-corrected chi connectivity index (χ2v) is 7.39. The van der Waals surface area contributed by atoms with E-state index in [0.29, 0.717) is 18.0 Å². The molecule has 0 aliphatic heterocycles. The van der Waals surface area contributed by atoms with Crippen LogP contribution in [0.3, 0.4) is 0 Å². The first-order valence-electron chi connectivity index (χ1n) is 8.69. The van der Waals surface area contributed by atoms with E-state index < -0.39 is 0 Å². The summed E-state index contributed by atoms with van der Waals surface area (Å²) in [6.45, 7) is 2.66. The van der Waals surface area contributed by atoms with Gasteiger partial charge in [-0.05, 0) is 66.1 Å². The highest BCUT2D eigenvalue weighted by Crippen LogP contribution is 2.29. The quantitative estimate of drug-likeness (QED) is 0.399. The summed E-state index contributed by atoms with van der Waals surface area (Å²) in [5.41, 5.74) is 3.61. The Balaban J connectivity index is 1.60. The number of hydrogen-bond donors (Lipinski definition) is 1. The van der Waals surface area contributed by atoms with Gasteiger partial charge in [-0.15, -0.1) is 0 Å². The molecule has 0 aliphatic rings. The average molecular weight is 476 g/mol. The first-order chi connectivity index (χ1) is 13.1. The number of nitrogens with one attached hydrogen (secondary N) is 1. The predicted molar refractivity (Wildman–Crippen MR) is 113 cm³/mol. The lowest BCUT2D eigenvalue weighted by atomic mass is 10.1. The molecule has 1 aromatic heterocycles. The molecular formula is C21H21IN2O3. The van der Waals surface area contributed by atoms with E-state index in [1.807, 2.05) is 18.2 Å². The summed E-state index contributed by atoms with van der Waals surface area (Å²) in [5, 5.41) is 2.93. The van der Waals surface area contributed by atoms with E-state index >= 15 is 0 Å². The highest BCUT2D eigenvalue weighted by Gasteiger charge is 2.18. The number of nitrogens with zero attached hydrogens (tertiary/aromatic N) is 1. The minimum atomic E-state index is -0.228. The zero-order valence-corrected chi connectivity index (χ0v) is 17.4. The number of aryl methyl sites for hydroxylation is 2. The number of benzene rings is 2. The van der Waals surface area contributed by atoms with Gasteiger partial charge in [0.2, 0.25) is 0 Å². The van der Waals surface area contributed by atoms with Crippen LogP contribution in [0.4, 0.5) is 0 Å². The van der Waals surface area contributed by atoms with Gasteiger partial charge in [-0.25, -0.2) is 4.98 Å². The van der Waals surface area contributed by atoms with E-state index in [-0.39, 0.29) is 5.91 Å². The van der Waals surface area contributed by atoms with Crippen LogP contribution in [-0.4, -0.2) is 24.5 Å². The summed E-state index contributed by atoms with van der Waals surface area (Å²) >= 11 is 2.19. The highest BCUT2D eigenvalue weighted by atomic mass is 127. The van der Waals surface area contributed by atoms with Gasteiger partial charge in [-0.2, -0.15) is 0 Å². The summed E-state index contributed by atoms with van der Waals surface area (Å²) in [6, 6.07) is 14.1. The molecule has 1 amide bonds. The van der Waals surface area contributed by atoms with Gasteiger partial charge in [0.15, 0.2) is 17.8 Å². The molecule has 0 fully saturated rings. The van der Waals surface area contributed by atoms with E-state index in [1.165, 1.54) is 17.5 Å². The van der Waals surface area contributed by atoms with Crippen LogP contribution < -0.4 is 10.1 Å². The molecule has 6 heteroatoms. The molecule has 0 radical (unpaired) electrons. The van der Waals surface area contributed by atoms with Crippen LogP contribution in [0.1, 0.15) is 28.0 Å². The fourth-order valence-electron chi connectivity index (χ4n) is 2.75. The molecule has 1 N–H and O–H groups in total. The van der Waals surface area contributed by atoms with Gasteiger partial charge in [0.05, 0.1) is 10.7 Å². The maximum atomic E-state index is 12.5. The maximum absolute atomic E-state index is 12.5. The topological polar surface area (TPSA) is 64.4 Å². The minimum Gasteiger partial charge on any atom is -0.496 e. The van der Waals surface area contributed by atoms with Crippen molar-refractivity contribution in [2.24, 2.45) is 0 Å². The van der Waals surface area contributed by atoms with Crippen LogP contribution in [0.15, 0.2) is 53.3 Å². The lowest BCUT2D eigenvalue weighted by molar-refractivity contribution is 0.0949. The molecule has 3 rings (SSSR count). The number of ether oxygens (including phenoxy) is 1. The van der Waals surface area contributed by atoms with Crippen molar-refractivity contribution in [3.05, 3.63) is 69.2 Å². The Labute approximate surface area is 172 Å². The Morgan fingerprint density at radius 2 is 2.00 bits per heavy atom. The molecule has 1 heterocycles. The molecule has 2 aromatic carbocycles. The number of carbonyl (C=O) groups is 1. The van der Waals surface area contributed by atoms with Gasteiger partial charge in [-0.1, -0.05) is 29.8 Å². The van der Waals surface area contributed by atoms with Crippen LogP contribution >= 0.6 is 22.6 Å². The van der Waals surface area contributed by atoms with E-state index in [1.54, 1.807) is 7.11 Å². The normalized spacial score (nSPS) is 10.6. The largest absolute Gasteiger partial charge is 0.496 e. The SMILES string of the molecule is COc1ccc(-c2ocnc2C(=O)NCCCc2ccc(C)cc2)cc1I. The summed E-state index contributed by atoms with van der Waals surface area (Å²) < 4.78 is 11.7. The Kier molecular flexibility index (Phi) is 6.49. The lowest BCUT2D eigenvalue weighted by Crippen LogP contribution is -2.25. The van der Waals surface area contributed by atoms with Crippen LogP contribution in [0.2, 0.25) is 0 Å². The van der Waals surface area contributed by atoms with Gasteiger partial charge in [0.25, 0.3) is 5.91 Å². The Bertz CT molecular complexity index is 919. The number of oxazole rings is 1. The maximum Gasteiger partial charge on any atom is 0.273 e. The second-order valence-electron chi connectivity index (χ2n) is 6.22. The van der Waals surface area contributed by atoms with Crippen molar-refractivity contribution in [2.45, 2.75) is 19.8 Å². The van der Waals surface area contributed by atoms with Crippen LogP contribution in [0, 0.1) is 10.5 Å². The molecule has 0 aliphatic carbocycles. The lowest BCUT2D eigenvalue weighted by Gasteiger charge is -2.07. The monoisotopic (exact) mass is 476 g/mol. The van der Waals surface area contributed by atoms with Gasteiger partial charge < -0.3 is 14.5 Å². The molecule has 5 nitrogen and oxygen atoms in total. The first kappa shape index (κ1) is 19.4. The van der Waals surface area contributed by atoms with Crippen molar-refractivity contribution in [3.8, 4) is 17.1 Å². The first-order valence-corrected chi connectivity index (χ1v) is 9.77. The third-order valence-electron chi connectivity index (χ3n) is 4.24. The Morgan fingerprint density at radius 3 is 2.70 bits per heavy atom. The van der Waals surface area contributed by atoms with Gasteiger partial charge in [0, 0.05) is 12.1 Å². The minimum absolute atomic E-state index is 0.228. The van der Waals surface area contributed by atoms with Crippen molar-refractivity contribution in [3.63, 3.8) is 0 Å². The van der Waals surface area contributed by atoms with E-state index in [0.717, 1.165) is 27.7 Å². The van der Waals surface area contributed by atoms with Crippen molar-refractivity contribution in [2.75, 3.05) is 13.7 Å². The fraction of sp³-hybridized carbons (Fsp3) is 0.238. The number of carbonyl (C=O) groups excluding carboxylic acids is 1. The van der Waals surface area contributed by atoms with E-state index in [2.05, 4.69) is 64.1 Å². The molecule has 0 saturated heterocycles. The summed E-state index contributed by atoms with van der Waals surface area (Å²) in [5.74, 6) is 1.01. The number of aromatic nitrogens is 1. The zero-order chi connectivity index (χ0) is 19.2. The summed E-state index contributed by atoms with van der Waals surface area (Å²) in [7, 11) is 1.63. The van der Waals surface area contributed by atoms with E-state index in [4.69, 9.17) is 9.15 Å². The van der Waals surface area contributed by atoms with Crippen molar-refractivity contribution in [1.82, 2.24) is 10.3 Å². The molecule has 0 bridgehead atoms. The molecule has 0 saturated carbocycles. The van der Waals surface area contributed by atoms with Gasteiger partial charge in [-0.3, -0.25) is 4.79 Å². The fourth-order valence-corrected chi connectivity index (χ4v) is 3.49. The van der Waals surface area contributed by atoms with Crippen molar-refractivity contribution in [1.29, 1.82) is 0 Å². The van der Waals surface area contributed by atoms with Crippen LogP contribution in [0.5, 0.6) is 5.75 Å². The van der Waals surface area contributed by atoms with Crippen molar-refractivity contribution >= 4 is 28.5 Å². The molecule has 0 unspecified atom stereocenters. The number of halogens is 1. The smallest absolute Gasteiger partial charge is 0.273 e. The number of rotatable bonds is 7. The zero-order valence-electron chi connectivity index (χ0n) is 15.3. The van der Waals surface area contributed by atoms with Crippen LogP contribution in [-0.2, 0) is 6.42 Å². The second kappa shape index (κ2) is 9.03. The summed E-state index contributed by atoms with van der Waals surface area (Å²) in [4.78, 5) is 16.6. The van der Waals surface area contributed by atoms with Gasteiger partial charge in [0.1, 0.15) is 5.75 Å². The number of hydrogen-bond acceptors (Lipinski definition) is 4. The Morgan fingerprint density at radius 1 is 1.22 bits per heavy atom. The third kappa shape index (κ3) is 4.88. The van der Waals surface area contributed by atoms with Crippen molar-refractivity contribution < 1.29 is 13.9 Å². The van der Waals surface area contributed by atoms with E-state index in [9.17, 15) is 4.79 Å². The number of amides is 1. The third-order valence-corrected chi connectivity index (χ3v) is 5.09. The molecule has 140 valence electrons. The number of methoxy groups -OCH3 is 1. The molecule has 27 heavy (non-hydrogen) atoms. The molecule has 0 atom stereocenters. The Hall–Kier alpha value is -2.35.